The highest BCUT2D eigenvalue weighted by atomic mass is 32.2. The Morgan fingerprint density at radius 3 is 1.79 bits per heavy atom. The largest absolute Gasteiger partial charge is 0.313 e. The monoisotopic (exact) mass is 283 g/mol. The Morgan fingerprint density at radius 1 is 0.684 bits per heavy atom. The summed E-state index contributed by atoms with van der Waals surface area (Å²) in [5.74, 6) is 1.40. The van der Waals surface area contributed by atoms with Crippen molar-refractivity contribution in [2.24, 2.45) is 0 Å². The van der Waals surface area contributed by atoms with Crippen molar-refractivity contribution in [1.29, 1.82) is 0 Å². The van der Waals surface area contributed by atoms with Gasteiger partial charge in [0.25, 0.3) is 0 Å². The smallest absolute Gasteiger partial charge is 0.0172 e. The van der Waals surface area contributed by atoms with Crippen molar-refractivity contribution in [3.05, 3.63) is 0 Å². The van der Waals surface area contributed by atoms with Gasteiger partial charge in [-0.15, -0.1) is 0 Å². The summed E-state index contributed by atoms with van der Waals surface area (Å²) in [5, 5.41) is 4.81. The maximum absolute atomic E-state index is 3.89. The lowest BCUT2D eigenvalue weighted by molar-refractivity contribution is 0.403. The minimum atomic E-state index is 0.820. The van der Waals surface area contributed by atoms with E-state index < -0.39 is 0 Å². The van der Waals surface area contributed by atoms with Crippen LogP contribution in [-0.4, -0.2) is 23.6 Å². The van der Waals surface area contributed by atoms with Gasteiger partial charge in [-0.1, -0.05) is 57.8 Å². The molecule has 2 heteroatoms. The predicted octanol–water partition coefficient (Wildman–Crippen LogP) is 5.14. The van der Waals surface area contributed by atoms with Gasteiger partial charge in [0.15, 0.2) is 0 Å². The number of rotatable bonds is 3. The highest BCUT2D eigenvalue weighted by Crippen LogP contribution is 2.26. The quantitative estimate of drug-likeness (QED) is 0.769. The summed E-state index contributed by atoms with van der Waals surface area (Å²) in [6.45, 7) is 1.27. The Labute approximate surface area is 124 Å². The number of nitrogens with one attached hydrogen (secondary N) is 1. The van der Waals surface area contributed by atoms with Gasteiger partial charge >= 0.3 is 0 Å². The summed E-state index contributed by atoms with van der Waals surface area (Å²) < 4.78 is 0. The van der Waals surface area contributed by atoms with Gasteiger partial charge in [0.2, 0.25) is 0 Å². The Balaban J connectivity index is 1.65. The van der Waals surface area contributed by atoms with Crippen LogP contribution in [0.15, 0.2) is 0 Å². The number of thioether (sulfide) groups is 1. The van der Waals surface area contributed by atoms with Gasteiger partial charge in [0.1, 0.15) is 0 Å². The molecule has 0 aromatic carbocycles. The molecule has 1 N–H and O–H groups in total. The molecule has 2 rings (SSSR count). The molecule has 1 unspecified atom stereocenters. The van der Waals surface area contributed by atoms with E-state index in [0.29, 0.717) is 0 Å². The summed E-state index contributed by atoms with van der Waals surface area (Å²) >= 11 is 2.19. The fourth-order valence-corrected chi connectivity index (χ4v) is 4.68. The number of hydrogen-bond acceptors (Lipinski definition) is 2. The minimum Gasteiger partial charge on any atom is -0.313 e. The van der Waals surface area contributed by atoms with E-state index in [1.807, 2.05) is 0 Å². The molecule has 0 radical (unpaired) electrons. The highest BCUT2D eigenvalue weighted by molar-refractivity contribution is 8.00. The van der Waals surface area contributed by atoms with E-state index in [9.17, 15) is 0 Å². The van der Waals surface area contributed by atoms with E-state index in [4.69, 9.17) is 0 Å². The van der Waals surface area contributed by atoms with Crippen molar-refractivity contribution in [1.82, 2.24) is 5.32 Å². The lowest BCUT2D eigenvalue weighted by atomic mass is 9.98. The molecule has 0 amide bonds. The fourth-order valence-electron chi connectivity index (χ4n) is 3.47. The zero-order valence-corrected chi connectivity index (χ0v) is 13.5. The van der Waals surface area contributed by atoms with Crippen LogP contribution >= 0.6 is 11.8 Å². The third kappa shape index (κ3) is 7.04. The Kier molecular flexibility index (Phi) is 8.34. The molecule has 1 atom stereocenters. The van der Waals surface area contributed by atoms with Gasteiger partial charge in [0.05, 0.1) is 0 Å². The van der Waals surface area contributed by atoms with Gasteiger partial charge in [0, 0.05) is 17.8 Å². The van der Waals surface area contributed by atoms with Crippen LogP contribution in [0.2, 0.25) is 0 Å². The third-order valence-electron chi connectivity index (χ3n) is 4.76. The molecule has 0 spiro atoms. The first-order valence-electron chi connectivity index (χ1n) is 8.80. The maximum Gasteiger partial charge on any atom is 0.0172 e. The molecule has 1 saturated heterocycles. The molecular formula is C17H33NS. The maximum atomic E-state index is 3.89. The highest BCUT2D eigenvalue weighted by Gasteiger charge is 2.17. The van der Waals surface area contributed by atoms with Crippen molar-refractivity contribution >= 4 is 11.8 Å². The average molecular weight is 284 g/mol. The summed E-state index contributed by atoms with van der Waals surface area (Å²) in [4.78, 5) is 0. The van der Waals surface area contributed by atoms with E-state index in [-0.39, 0.29) is 0 Å². The summed E-state index contributed by atoms with van der Waals surface area (Å²) in [6, 6.07) is 0.820. The van der Waals surface area contributed by atoms with Gasteiger partial charge in [-0.25, -0.2) is 0 Å². The molecule has 0 aromatic heterocycles. The zero-order chi connectivity index (χ0) is 13.2. The standard InChI is InChI=1S/C17H33NS/c1-2-4-6-8-11-16(12-9-7-5-3-1)18-15-17-13-10-14-19-17/h16-18H,1-15H2. The summed E-state index contributed by atoms with van der Waals surface area (Å²) in [5.41, 5.74) is 0. The van der Waals surface area contributed by atoms with Crippen molar-refractivity contribution < 1.29 is 0 Å². The molecule has 1 heterocycles. The molecule has 0 bridgehead atoms. The van der Waals surface area contributed by atoms with E-state index in [0.717, 1.165) is 11.3 Å². The first-order valence-corrected chi connectivity index (χ1v) is 9.85. The zero-order valence-electron chi connectivity index (χ0n) is 12.7. The lowest BCUT2D eigenvalue weighted by Gasteiger charge is -2.21. The van der Waals surface area contributed by atoms with Crippen LogP contribution in [0.3, 0.4) is 0 Å². The lowest BCUT2D eigenvalue weighted by Crippen LogP contribution is -2.34. The van der Waals surface area contributed by atoms with E-state index >= 15 is 0 Å². The molecule has 0 aromatic rings. The Morgan fingerprint density at radius 2 is 1.26 bits per heavy atom. The molecule has 1 aliphatic heterocycles. The van der Waals surface area contributed by atoms with E-state index in [1.165, 1.54) is 95.8 Å². The second-order valence-electron chi connectivity index (χ2n) is 6.50. The molecule has 1 nitrogen and oxygen atoms in total. The van der Waals surface area contributed by atoms with Crippen molar-refractivity contribution in [2.75, 3.05) is 12.3 Å². The van der Waals surface area contributed by atoms with Crippen LogP contribution in [0.1, 0.15) is 83.5 Å². The third-order valence-corrected chi connectivity index (χ3v) is 6.16. The molecule has 2 aliphatic rings. The predicted molar refractivity (Wildman–Crippen MR) is 88.1 cm³/mol. The minimum absolute atomic E-state index is 0.820. The Bertz CT molecular complexity index is 201. The first kappa shape index (κ1) is 15.7. The van der Waals surface area contributed by atoms with Gasteiger partial charge in [-0.05, 0) is 31.4 Å². The normalized spacial score (nSPS) is 28.7. The second-order valence-corrected chi connectivity index (χ2v) is 7.91. The Hall–Kier alpha value is 0.310. The van der Waals surface area contributed by atoms with Crippen molar-refractivity contribution in [3.8, 4) is 0 Å². The van der Waals surface area contributed by atoms with E-state index in [1.54, 1.807) is 0 Å². The van der Waals surface area contributed by atoms with Crippen LogP contribution < -0.4 is 5.32 Å². The second kappa shape index (κ2) is 10.1. The SMILES string of the molecule is C1CCCCCC(NCC2CCCS2)CCCCC1. The molecule has 1 saturated carbocycles. The van der Waals surface area contributed by atoms with Crippen LogP contribution in [0.5, 0.6) is 0 Å². The molecular weight excluding hydrogens is 250 g/mol. The van der Waals surface area contributed by atoms with Crippen LogP contribution in [0, 0.1) is 0 Å². The van der Waals surface area contributed by atoms with Crippen molar-refractivity contribution in [2.45, 2.75) is 94.8 Å². The summed E-state index contributed by atoms with van der Waals surface area (Å²) in [7, 11) is 0. The van der Waals surface area contributed by atoms with Gasteiger partial charge in [-0.2, -0.15) is 11.8 Å². The molecule has 112 valence electrons. The van der Waals surface area contributed by atoms with E-state index in [2.05, 4.69) is 17.1 Å². The molecule has 19 heavy (non-hydrogen) atoms. The number of hydrogen-bond donors (Lipinski definition) is 1. The van der Waals surface area contributed by atoms with Crippen molar-refractivity contribution in [3.63, 3.8) is 0 Å². The van der Waals surface area contributed by atoms with Gasteiger partial charge in [-0.3, -0.25) is 0 Å². The van der Waals surface area contributed by atoms with Gasteiger partial charge < -0.3 is 5.32 Å². The topological polar surface area (TPSA) is 12.0 Å². The average Bonchev–Trinajstić information content (AvgIpc) is 2.91. The molecule has 1 aliphatic carbocycles. The molecule has 2 fully saturated rings. The van der Waals surface area contributed by atoms with Crippen LogP contribution in [0.25, 0.3) is 0 Å². The first-order chi connectivity index (χ1) is 9.45. The van der Waals surface area contributed by atoms with Crippen LogP contribution in [0.4, 0.5) is 0 Å². The summed E-state index contributed by atoms with van der Waals surface area (Å²) in [6.07, 6.45) is 19.0. The fraction of sp³-hybridized carbons (Fsp3) is 1.00. The van der Waals surface area contributed by atoms with Crippen LogP contribution in [-0.2, 0) is 0 Å².